The van der Waals surface area contributed by atoms with Crippen LogP contribution in [0.25, 0.3) is 0 Å². The normalized spacial score (nSPS) is 15.4. The number of amides is 2. The zero-order valence-electron chi connectivity index (χ0n) is 17.4. The third-order valence-corrected chi connectivity index (χ3v) is 5.53. The van der Waals surface area contributed by atoms with Gasteiger partial charge in [0.15, 0.2) is 0 Å². The SMILES string of the molecule is COc1cccc(OC)c1C(=O)N1CC(=O)Nc2ccc(Cl)cc2C1c1ccc(F)cc1. The van der Waals surface area contributed by atoms with E-state index in [2.05, 4.69) is 5.32 Å². The molecule has 164 valence electrons. The van der Waals surface area contributed by atoms with Gasteiger partial charge in [0.2, 0.25) is 5.91 Å². The van der Waals surface area contributed by atoms with E-state index in [0.29, 0.717) is 33.3 Å². The van der Waals surface area contributed by atoms with Crippen LogP contribution >= 0.6 is 11.6 Å². The van der Waals surface area contributed by atoms with Crippen LogP contribution < -0.4 is 14.8 Å². The van der Waals surface area contributed by atoms with Crippen molar-refractivity contribution in [1.29, 1.82) is 0 Å². The molecule has 1 N–H and O–H groups in total. The van der Waals surface area contributed by atoms with Crippen molar-refractivity contribution in [2.45, 2.75) is 6.04 Å². The minimum Gasteiger partial charge on any atom is -0.496 e. The van der Waals surface area contributed by atoms with Crippen LogP contribution in [-0.2, 0) is 4.79 Å². The number of benzene rings is 3. The molecule has 0 fully saturated rings. The van der Waals surface area contributed by atoms with Gasteiger partial charge in [0.25, 0.3) is 5.91 Å². The lowest BCUT2D eigenvalue weighted by molar-refractivity contribution is -0.117. The molecule has 8 heteroatoms. The molecule has 0 bridgehead atoms. The van der Waals surface area contributed by atoms with E-state index in [4.69, 9.17) is 21.1 Å². The molecule has 3 aromatic carbocycles. The molecule has 0 spiro atoms. The fraction of sp³-hybridized carbons (Fsp3) is 0.167. The highest BCUT2D eigenvalue weighted by Gasteiger charge is 2.36. The highest BCUT2D eigenvalue weighted by atomic mass is 35.5. The number of methoxy groups -OCH3 is 2. The number of halogens is 2. The highest BCUT2D eigenvalue weighted by molar-refractivity contribution is 6.30. The Balaban J connectivity index is 1.94. The van der Waals surface area contributed by atoms with Gasteiger partial charge in [-0.2, -0.15) is 0 Å². The Hall–Kier alpha value is -3.58. The van der Waals surface area contributed by atoms with Crippen molar-refractivity contribution in [3.8, 4) is 11.5 Å². The minimum absolute atomic E-state index is 0.183. The lowest BCUT2D eigenvalue weighted by Crippen LogP contribution is -2.39. The summed E-state index contributed by atoms with van der Waals surface area (Å²) in [5, 5.41) is 3.27. The average Bonchev–Trinajstić information content (AvgIpc) is 2.94. The van der Waals surface area contributed by atoms with Gasteiger partial charge in [-0.25, -0.2) is 4.39 Å². The van der Waals surface area contributed by atoms with Crippen molar-refractivity contribution < 1.29 is 23.5 Å². The highest BCUT2D eigenvalue weighted by Crippen LogP contribution is 2.40. The van der Waals surface area contributed by atoms with Crippen molar-refractivity contribution >= 4 is 29.1 Å². The van der Waals surface area contributed by atoms with Gasteiger partial charge < -0.3 is 19.7 Å². The van der Waals surface area contributed by atoms with E-state index in [9.17, 15) is 14.0 Å². The smallest absolute Gasteiger partial charge is 0.262 e. The third-order valence-electron chi connectivity index (χ3n) is 5.30. The number of nitrogens with one attached hydrogen (secondary N) is 1. The summed E-state index contributed by atoms with van der Waals surface area (Å²) in [6.45, 7) is -0.242. The minimum atomic E-state index is -0.717. The first kappa shape index (κ1) is 21.6. The fourth-order valence-corrected chi connectivity index (χ4v) is 4.06. The molecule has 3 aromatic rings. The Labute approximate surface area is 189 Å². The number of anilines is 1. The van der Waals surface area contributed by atoms with E-state index in [0.717, 1.165) is 0 Å². The van der Waals surface area contributed by atoms with E-state index in [-0.39, 0.29) is 18.0 Å². The first-order valence-corrected chi connectivity index (χ1v) is 10.2. The van der Waals surface area contributed by atoms with Crippen molar-refractivity contribution in [2.24, 2.45) is 0 Å². The third kappa shape index (κ3) is 3.99. The molecule has 0 saturated carbocycles. The standard InChI is InChI=1S/C24H20ClFN2O4/c1-31-19-4-3-5-20(32-2)22(19)24(30)28-13-21(29)27-18-11-8-15(25)12-17(18)23(28)14-6-9-16(26)10-7-14/h3-12,23H,13H2,1-2H3,(H,27,29). The fourth-order valence-electron chi connectivity index (χ4n) is 3.88. The molecule has 0 aromatic heterocycles. The van der Waals surface area contributed by atoms with Crippen molar-refractivity contribution in [2.75, 3.05) is 26.1 Å². The van der Waals surface area contributed by atoms with Crippen LogP contribution in [0.15, 0.2) is 60.7 Å². The van der Waals surface area contributed by atoms with Gasteiger partial charge >= 0.3 is 0 Å². The van der Waals surface area contributed by atoms with Crippen molar-refractivity contribution in [3.63, 3.8) is 0 Å². The summed E-state index contributed by atoms with van der Waals surface area (Å²) in [7, 11) is 2.90. The number of ether oxygens (including phenoxy) is 2. The quantitative estimate of drug-likeness (QED) is 0.621. The second-order valence-electron chi connectivity index (χ2n) is 7.20. The molecule has 1 unspecified atom stereocenters. The number of hydrogen-bond donors (Lipinski definition) is 1. The number of hydrogen-bond acceptors (Lipinski definition) is 4. The number of carbonyl (C=O) groups excluding carboxylic acids is 2. The van der Waals surface area contributed by atoms with Gasteiger partial charge in [-0.15, -0.1) is 0 Å². The number of rotatable bonds is 4. The van der Waals surface area contributed by atoms with Gasteiger partial charge in [-0.1, -0.05) is 29.8 Å². The van der Waals surface area contributed by atoms with Gasteiger partial charge in [-0.3, -0.25) is 9.59 Å². The Morgan fingerprint density at radius 3 is 2.34 bits per heavy atom. The molecule has 1 aliphatic heterocycles. The van der Waals surface area contributed by atoms with Gasteiger partial charge in [-0.05, 0) is 48.0 Å². The van der Waals surface area contributed by atoms with Gasteiger partial charge in [0.05, 0.1) is 20.3 Å². The molecule has 1 aliphatic rings. The van der Waals surface area contributed by atoms with Crippen LogP contribution in [-0.4, -0.2) is 37.5 Å². The second-order valence-corrected chi connectivity index (χ2v) is 7.64. The Kier molecular flexibility index (Phi) is 6.01. The van der Waals surface area contributed by atoms with Crippen LogP contribution in [0, 0.1) is 5.82 Å². The molecule has 6 nitrogen and oxygen atoms in total. The zero-order chi connectivity index (χ0) is 22.8. The van der Waals surface area contributed by atoms with Crippen LogP contribution in [0.2, 0.25) is 5.02 Å². The Bertz CT molecular complexity index is 1160. The second kappa shape index (κ2) is 8.88. The summed E-state index contributed by atoms with van der Waals surface area (Å²) in [5.41, 5.74) is 1.93. The zero-order valence-corrected chi connectivity index (χ0v) is 18.2. The van der Waals surface area contributed by atoms with Crippen LogP contribution in [0.5, 0.6) is 11.5 Å². The van der Waals surface area contributed by atoms with Gasteiger partial charge in [0, 0.05) is 16.3 Å². The first-order valence-electron chi connectivity index (χ1n) is 9.79. The molecular weight excluding hydrogens is 435 g/mol. The first-order chi connectivity index (χ1) is 15.4. The Morgan fingerprint density at radius 1 is 1.06 bits per heavy atom. The van der Waals surface area contributed by atoms with Crippen LogP contribution in [0.3, 0.4) is 0 Å². The van der Waals surface area contributed by atoms with E-state index in [1.165, 1.54) is 31.3 Å². The maximum atomic E-state index is 13.9. The molecular formula is C24H20ClFN2O4. The molecule has 0 saturated heterocycles. The van der Waals surface area contributed by atoms with E-state index < -0.39 is 17.8 Å². The summed E-state index contributed by atoms with van der Waals surface area (Å²) in [6.07, 6.45) is 0. The van der Waals surface area contributed by atoms with E-state index in [1.807, 2.05) is 0 Å². The van der Waals surface area contributed by atoms with E-state index >= 15 is 0 Å². The predicted octanol–water partition coefficient (Wildman–Crippen LogP) is 4.68. The molecule has 32 heavy (non-hydrogen) atoms. The van der Waals surface area contributed by atoms with Crippen LogP contribution in [0.4, 0.5) is 10.1 Å². The average molecular weight is 455 g/mol. The van der Waals surface area contributed by atoms with Crippen LogP contribution in [0.1, 0.15) is 27.5 Å². The Morgan fingerprint density at radius 2 is 1.72 bits per heavy atom. The lowest BCUT2D eigenvalue weighted by atomic mass is 9.95. The topological polar surface area (TPSA) is 67.9 Å². The molecule has 0 aliphatic carbocycles. The maximum Gasteiger partial charge on any atom is 0.262 e. The van der Waals surface area contributed by atoms with E-state index in [1.54, 1.807) is 48.5 Å². The predicted molar refractivity (Wildman–Crippen MR) is 119 cm³/mol. The molecule has 1 atom stereocenters. The summed E-state index contributed by atoms with van der Waals surface area (Å²) in [4.78, 5) is 28.0. The number of fused-ring (bicyclic) bond motifs is 1. The maximum absolute atomic E-state index is 13.9. The number of carbonyl (C=O) groups is 2. The summed E-state index contributed by atoms with van der Waals surface area (Å²) >= 11 is 6.27. The summed E-state index contributed by atoms with van der Waals surface area (Å²) in [6, 6.07) is 15.1. The largest absolute Gasteiger partial charge is 0.496 e. The monoisotopic (exact) mass is 454 g/mol. The molecule has 2 amide bonds. The summed E-state index contributed by atoms with van der Waals surface area (Å²) < 4.78 is 24.5. The summed E-state index contributed by atoms with van der Waals surface area (Å²) in [5.74, 6) is -0.643. The molecule has 4 rings (SSSR count). The number of nitrogens with zero attached hydrogens (tertiary/aromatic N) is 1. The van der Waals surface area contributed by atoms with Crippen molar-refractivity contribution in [3.05, 3.63) is 88.2 Å². The molecule has 1 heterocycles. The van der Waals surface area contributed by atoms with Gasteiger partial charge in [0.1, 0.15) is 29.4 Å². The lowest BCUT2D eigenvalue weighted by Gasteiger charge is -2.31. The van der Waals surface area contributed by atoms with Crippen molar-refractivity contribution in [1.82, 2.24) is 4.90 Å². The molecule has 0 radical (unpaired) electrons.